The van der Waals surface area contributed by atoms with Gasteiger partial charge in [0.2, 0.25) is 11.8 Å². The highest BCUT2D eigenvalue weighted by atomic mass is 35.5. The molecule has 2 N–H and O–H groups in total. The summed E-state index contributed by atoms with van der Waals surface area (Å²) in [5.41, 5.74) is 0.457. The molecular formula is C15H19ClFN3O2. The molecule has 5 nitrogen and oxygen atoms in total. The van der Waals surface area contributed by atoms with E-state index in [1.54, 1.807) is 20.0 Å². The highest BCUT2D eigenvalue weighted by molar-refractivity contribution is 6.30. The van der Waals surface area contributed by atoms with Gasteiger partial charge in [0.15, 0.2) is 0 Å². The summed E-state index contributed by atoms with van der Waals surface area (Å²) in [5, 5.41) is 5.75. The molecule has 1 fully saturated rings. The molecule has 1 aliphatic rings. The van der Waals surface area contributed by atoms with E-state index in [0.717, 1.165) is 12.8 Å². The van der Waals surface area contributed by atoms with Crippen molar-refractivity contribution in [1.29, 1.82) is 0 Å². The van der Waals surface area contributed by atoms with Crippen LogP contribution in [0, 0.1) is 5.82 Å². The molecule has 2 rings (SSSR count). The van der Waals surface area contributed by atoms with Gasteiger partial charge in [-0.25, -0.2) is 4.39 Å². The van der Waals surface area contributed by atoms with Gasteiger partial charge in [0.05, 0.1) is 11.6 Å². The summed E-state index contributed by atoms with van der Waals surface area (Å²) >= 11 is 5.61. The summed E-state index contributed by atoms with van der Waals surface area (Å²) in [6.07, 6.45) is 2.01. The minimum Gasteiger partial charge on any atom is -0.374 e. The molecule has 1 saturated carbocycles. The number of nitrogens with zero attached hydrogens (tertiary/aromatic N) is 1. The average molecular weight is 328 g/mol. The van der Waals surface area contributed by atoms with E-state index in [2.05, 4.69) is 10.6 Å². The second-order valence-corrected chi connectivity index (χ2v) is 5.94. The van der Waals surface area contributed by atoms with E-state index in [1.807, 2.05) is 0 Å². The number of benzene rings is 1. The SMILES string of the molecule is C[C@H](Nc1ccc(Cl)c(F)c1)C(=O)N(C)CC(=O)NC1CC1. The molecule has 7 heteroatoms. The van der Waals surface area contributed by atoms with Gasteiger partial charge >= 0.3 is 0 Å². The normalized spacial score (nSPS) is 15.1. The predicted molar refractivity (Wildman–Crippen MR) is 83.3 cm³/mol. The summed E-state index contributed by atoms with van der Waals surface area (Å²) in [5.74, 6) is -0.965. The van der Waals surface area contributed by atoms with Crippen molar-refractivity contribution in [1.82, 2.24) is 10.2 Å². The molecule has 22 heavy (non-hydrogen) atoms. The first-order valence-electron chi connectivity index (χ1n) is 7.12. The van der Waals surface area contributed by atoms with Crippen molar-refractivity contribution in [3.05, 3.63) is 29.0 Å². The molecule has 0 saturated heterocycles. The van der Waals surface area contributed by atoms with E-state index in [4.69, 9.17) is 11.6 Å². The highest BCUT2D eigenvalue weighted by Crippen LogP contribution is 2.20. The Kier molecular flexibility index (Phi) is 5.24. The lowest BCUT2D eigenvalue weighted by atomic mass is 10.2. The van der Waals surface area contributed by atoms with Crippen molar-refractivity contribution in [2.24, 2.45) is 0 Å². The summed E-state index contributed by atoms with van der Waals surface area (Å²) < 4.78 is 13.4. The number of hydrogen-bond acceptors (Lipinski definition) is 3. The molecule has 0 aromatic heterocycles. The van der Waals surface area contributed by atoms with Gasteiger partial charge in [-0.15, -0.1) is 0 Å². The van der Waals surface area contributed by atoms with Crippen LogP contribution in [0.25, 0.3) is 0 Å². The molecular weight excluding hydrogens is 309 g/mol. The van der Waals surface area contributed by atoms with Crippen LogP contribution in [0.1, 0.15) is 19.8 Å². The van der Waals surface area contributed by atoms with E-state index in [9.17, 15) is 14.0 Å². The zero-order chi connectivity index (χ0) is 16.3. The van der Waals surface area contributed by atoms with Crippen molar-refractivity contribution >= 4 is 29.1 Å². The number of amides is 2. The molecule has 1 aromatic carbocycles. The number of rotatable bonds is 6. The lowest BCUT2D eigenvalue weighted by Gasteiger charge is -2.22. The first-order valence-corrected chi connectivity index (χ1v) is 7.50. The molecule has 0 bridgehead atoms. The lowest BCUT2D eigenvalue weighted by Crippen LogP contribution is -2.44. The Labute approximate surface area is 133 Å². The molecule has 1 atom stereocenters. The standard InChI is InChI=1S/C15H19ClFN3O2/c1-9(18-11-5-6-12(16)13(17)7-11)15(22)20(2)8-14(21)19-10-3-4-10/h5-7,9-10,18H,3-4,8H2,1-2H3,(H,19,21)/t9-/m0/s1. The number of likely N-dealkylation sites (N-methyl/N-ethyl adjacent to an activating group) is 1. The van der Waals surface area contributed by atoms with E-state index in [1.165, 1.54) is 17.0 Å². The summed E-state index contributed by atoms with van der Waals surface area (Å²) in [7, 11) is 1.56. The van der Waals surface area contributed by atoms with Gasteiger partial charge < -0.3 is 15.5 Å². The Bertz CT molecular complexity index is 578. The van der Waals surface area contributed by atoms with Gasteiger partial charge in [-0.1, -0.05) is 11.6 Å². The molecule has 120 valence electrons. The smallest absolute Gasteiger partial charge is 0.244 e. The molecule has 1 aromatic rings. The quantitative estimate of drug-likeness (QED) is 0.840. The van der Waals surface area contributed by atoms with E-state index in [-0.39, 0.29) is 29.4 Å². The number of carbonyl (C=O) groups is 2. The predicted octanol–water partition coefficient (Wildman–Crippen LogP) is 2.02. The molecule has 1 aliphatic carbocycles. The zero-order valence-electron chi connectivity index (χ0n) is 12.5. The van der Waals surface area contributed by atoms with Crippen LogP contribution in [0.5, 0.6) is 0 Å². The summed E-state index contributed by atoms with van der Waals surface area (Å²) in [6, 6.07) is 3.92. The average Bonchev–Trinajstić information content (AvgIpc) is 3.25. The lowest BCUT2D eigenvalue weighted by molar-refractivity contribution is -0.135. The largest absolute Gasteiger partial charge is 0.374 e. The van der Waals surface area contributed by atoms with Crippen LogP contribution in [-0.2, 0) is 9.59 Å². The van der Waals surface area contributed by atoms with Gasteiger partial charge in [0.25, 0.3) is 0 Å². The monoisotopic (exact) mass is 327 g/mol. The third-order valence-electron chi connectivity index (χ3n) is 3.37. The van der Waals surface area contributed by atoms with E-state index >= 15 is 0 Å². The van der Waals surface area contributed by atoms with E-state index in [0.29, 0.717) is 5.69 Å². The van der Waals surface area contributed by atoms with Crippen LogP contribution in [0.4, 0.5) is 10.1 Å². The maximum absolute atomic E-state index is 13.4. The number of halogens is 2. The van der Waals surface area contributed by atoms with Gasteiger partial charge in [-0.2, -0.15) is 0 Å². The van der Waals surface area contributed by atoms with Gasteiger partial charge in [-0.05, 0) is 38.0 Å². The third-order valence-corrected chi connectivity index (χ3v) is 3.68. The van der Waals surface area contributed by atoms with Crippen LogP contribution >= 0.6 is 11.6 Å². The summed E-state index contributed by atoms with van der Waals surface area (Å²) in [6.45, 7) is 1.67. The molecule has 0 spiro atoms. The van der Waals surface area contributed by atoms with Crippen LogP contribution in [0.2, 0.25) is 5.02 Å². The fourth-order valence-electron chi connectivity index (χ4n) is 2.02. The van der Waals surface area contributed by atoms with Crippen LogP contribution < -0.4 is 10.6 Å². The van der Waals surface area contributed by atoms with Crippen molar-refractivity contribution in [2.75, 3.05) is 18.9 Å². The Morgan fingerprint density at radius 2 is 2.14 bits per heavy atom. The van der Waals surface area contributed by atoms with Gasteiger partial charge in [0, 0.05) is 18.8 Å². The molecule has 0 radical (unpaired) electrons. The summed E-state index contributed by atoms with van der Waals surface area (Å²) in [4.78, 5) is 25.2. The fourth-order valence-corrected chi connectivity index (χ4v) is 2.14. The maximum atomic E-state index is 13.4. The highest BCUT2D eigenvalue weighted by Gasteiger charge is 2.25. The van der Waals surface area contributed by atoms with Crippen molar-refractivity contribution in [3.8, 4) is 0 Å². The van der Waals surface area contributed by atoms with Crippen LogP contribution in [0.3, 0.4) is 0 Å². The number of anilines is 1. The second kappa shape index (κ2) is 6.96. The van der Waals surface area contributed by atoms with Crippen molar-refractivity contribution in [2.45, 2.75) is 31.8 Å². The zero-order valence-corrected chi connectivity index (χ0v) is 13.3. The third kappa shape index (κ3) is 4.59. The Morgan fingerprint density at radius 1 is 1.45 bits per heavy atom. The maximum Gasteiger partial charge on any atom is 0.244 e. The number of carbonyl (C=O) groups excluding carboxylic acids is 2. The first-order chi connectivity index (χ1) is 10.4. The van der Waals surface area contributed by atoms with Crippen LogP contribution in [-0.4, -0.2) is 42.4 Å². The minimum atomic E-state index is -0.584. The van der Waals surface area contributed by atoms with Crippen molar-refractivity contribution in [3.63, 3.8) is 0 Å². The Balaban J connectivity index is 1.86. The topological polar surface area (TPSA) is 61.4 Å². The van der Waals surface area contributed by atoms with Gasteiger partial charge in [0.1, 0.15) is 11.9 Å². The molecule has 0 aliphatic heterocycles. The van der Waals surface area contributed by atoms with Crippen molar-refractivity contribution < 1.29 is 14.0 Å². The first kappa shape index (κ1) is 16.5. The Morgan fingerprint density at radius 3 is 2.73 bits per heavy atom. The molecule has 0 heterocycles. The number of nitrogens with one attached hydrogen (secondary N) is 2. The fraction of sp³-hybridized carbons (Fsp3) is 0.467. The van der Waals surface area contributed by atoms with E-state index < -0.39 is 11.9 Å². The van der Waals surface area contributed by atoms with Crippen LogP contribution in [0.15, 0.2) is 18.2 Å². The second-order valence-electron chi connectivity index (χ2n) is 5.53. The Hall–Kier alpha value is -1.82. The minimum absolute atomic E-state index is 0.0103. The number of hydrogen-bond donors (Lipinski definition) is 2. The molecule has 0 unspecified atom stereocenters. The van der Waals surface area contributed by atoms with Gasteiger partial charge in [-0.3, -0.25) is 9.59 Å². The molecule has 2 amide bonds.